The summed E-state index contributed by atoms with van der Waals surface area (Å²) < 4.78 is 40.0. The number of ether oxygens (including phenoxy) is 2. The smallest absolute Gasteiger partial charge is 0.407 e. The molecule has 0 aromatic carbocycles. The van der Waals surface area contributed by atoms with E-state index in [0.29, 0.717) is 31.7 Å². The molecule has 1 aliphatic carbocycles. The first-order valence-corrected chi connectivity index (χ1v) is 14.5. The predicted octanol–water partition coefficient (Wildman–Crippen LogP) is 2.25. The van der Waals surface area contributed by atoms with Crippen LogP contribution in [-0.4, -0.2) is 83.4 Å². The number of nitrogens with one attached hydrogen (secondary N) is 1. The Balaban J connectivity index is 1.35. The molecule has 2 N–H and O–H groups in total. The van der Waals surface area contributed by atoms with E-state index in [-0.39, 0.29) is 17.5 Å². The Labute approximate surface area is 216 Å². The summed E-state index contributed by atoms with van der Waals surface area (Å²) in [5.41, 5.74) is 2.35. The first-order valence-electron chi connectivity index (χ1n) is 13.1. The molecule has 1 aromatic rings. The van der Waals surface area contributed by atoms with Gasteiger partial charge in [-0.15, -0.1) is 0 Å². The second kappa shape index (κ2) is 11.1. The molecule has 0 radical (unpaired) electrons. The standard InChI is InChI=1S/C24H34N4O8S/c29-23(26-36-21-8-4-5-13-34-21)22-19-11-9-16(28(19)24(30)31)15-27(22)37(32,33)18-10-12-20(25-14-18)35-17-6-2-1-3-7-17/h10,12,14,16-17,19,21-22H,1-9,11,13,15H2,(H,26,29)(H,30,31). The second-order valence-corrected chi connectivity index (χ2v) is 12.0. The lowest BCUT2D eigenvalue weighted by Crippen LogP contribution is -2.66. The molecular weight excluding hydrogens is 504 g/mol. The van der Waals surface area contributed by atoms with Crippen LogP contribution in [0.4, 0.5) is 4.79 Å². The highest BCUT2D eigenvalue weighted by atomic mass is 32.2. The van der Waals surface area contributed by atoms with Gasteiger partial charge in [-0.3, -0.25) is 9.69 Å². The van der Waals surface area contributed by atoms with Crippen LogP contribution in [0.1, 0.15) is 64.2 Å². The average Bonchev–Trinajstić information content (AvgIpc) is 3.22. The number of pyridine rings is 1. The van der Waals surface area contributed by atoms with E-state index in [2.05, 4.69) is 10.5 Å². The lowest BCUT2D eigenvalue weighted by Gasteiger charge is -2.43. The molecule has 3 aliphatic heterocycles. The van der Waals surface area contributed by atoms with E-state index in [1.807, 2.05) is 0 Å². The molecule has 4 unspecified atom stereocenters. The zero-order valence-corrected chi connectivity index (χ0v) is 21.5. The van der Waals surface area contributed by atoms with Crippen molar-refractivity contribution in [3.63, 3.8) is 0 Å². The molecule has 4 heterocycles. The summed E-state index contributed by atoms with van der Waals surface area (Å²) in [5.74, 6) is -0.364. The summed E-state index contributed by atoms with van der Waals surface area (Å²) in [6.45, 7) is 0.374. The molecule has 3 saturated heterocycles. The number of hydrogen-bond donors (Lipinski definition) is 2. The van der Waals surface area contributed by atoms with Crippen molar-refractivity contribution in [3.8, 4) is 5.88 Å². The number of piperazine rings is 1. The van der Waals surface area contributed by atoms with Gasteiger partial charge in [0.2, 0.25) is 15.9 Å². The summed E-state index contributed by atoms with van der Waals surface area (Å²) in [6, 6.07) is 0.298. The van der Waals surface area contributed by atoms with Gasteiger partial charge in [0.1, 0.15) is 17.0 Å². The minimum absolute atomic E-state index is 0.0737. The normalized spacial score (nSPS) is 29.1. The van der Waals surface area contributed by atoms with Crippen LogP contribution in [0.3, 0.4) is 0 Å². The van der Waals surface area contributed by atoms with Crippen LogP contribution in [0.25, 0.3) is 0 Å². The Morgan fingerprint density at radius 3 is 2.51 bits per heavy atom. The van der Waals surface area contributed by atoms with Crippen molar-refractivity contribution in [2.75, 3.05) is 13.2 Å². The number of sulfonamides is 1. The highest BCUT2D eigenvalue weighted by Gasteiger charge is 2.55. The van der Waals surface area contributed by atoms with Gasteiger partial charge in [0.25, 0.3) is 5.91 Å². The minimum Gasteiger partial charge on any atom is -0.474 e. The summed E-state index contributed by atoms with van der Waals surface area (Å²) in [5, 5.41) is 9.77. The van der Waals surface area contributed by atoms with Crippen LogP contribution in [0.2, 0.25) is 0 Å². The SMILES string of the molecule is O=C(NOC1CCCCO1)C1C2CCC(CN1S(=O)(=O)c1ccc(OC3CCCCC3)nc1)N2C(=O)O. The van der Waals surface area contributed by atoms with Crippen LogP contribution >= 0.6 is 0 Å². The van der Waals surface area contributed by atoms with Crippen LogP contribution in [-0.2, 0) is 24.4 Å². The number of fused-ring (bicyclic) bond motifs is 2. The van der Waals surface area contributed by atoms with Crippen molar-refractivity contribution in [3.05, 3.63) is 18.3 Å². The molecule has 13 heteroatoms. The van der Waals surface area contributed by atoms with Crippen molar-refractivity contribution < 1.29 is 37.4 Å². The maximum atomic E-state index is 13.7. The first kappa shape index (κ1) is 26.1. The van der Waals surface area contributed by atoms with Crippen LogP contribution in [0.5, 0.6) is 5.88 Å². The molecule has 4 aliphatic rings. The number of amides is 2. The second-order valence-electron chi connectivity index (χ2n) is 10.1. The Bertz CT molecular complexity index is 1070. The lowest BCUT2D eigenvalue weighted by molar-refractivity contribution is -0.203. The minimum atomic E-state index is -4.18. The molecule has 4 atom stereocenters. The van der Waals surface area contributed by atoms with Crippen molar-refractivity contribution >= 4 is 22.0 Å². The largest absolute Gasteiger partial charge is 0.474 e. The van der Waals surface area contributed by atoms with Gasteiger partial charge in [-0.05, 0) is 57.4 Å². The highest BCUT2D eigenvalue weighted by Crippen LogP contribution is 2.37. The quantitative estimate of drug-likeness (QED) is 0.499. The fourth-order valence-corrected chi connectivity index (χ4v) is 7.43. The molecule has 204 valence electrons. The van der Waals surface area contributed by atoms with Gasteiger partial charge in [0.05, 0.1) is 12.2 Å². The fourth-order valence-electron chi connectivity index (χ4n) is 5.83. The molecule has 1 aromatic heterocycles. The molecule has 2 amide bonds. The summed E-state index contributed by atoms with van der Waals surface area (Å²) >= 11 is 0. The summed E-state index contributed by atoms with van der Waals surface area (Å²) in [7, 11) is -4.18. The van der Waals surface area contributed by atoms with Crippen molar-refractivity contribution in [1.29, 1.82) is 0 Å². The van der Waals surface area contributed by atoms with Crippen molar-refractivity contribution in [2.24, 2.45) is 0 Å². The van der Waals surface area contributed by atoms with E-state index in [1.54, 1.807) is 0 Å². The highest BCUT2D eigenvalue weighted by molar-refractivity contribution is 7.89. The predicted molar refractivity (Wildman–Crippen MR) is 129 cm³/mol. The van der Waals surface area contributed by atoms with Gasteiger partial charge in [0, 0.05) is 31.7 Å². The van der Waals surface area contributed by atoms with Crippen LogP contribution in [0.15, 0.2) is 23.2 Å². The Kier molecular flexibility index (Phi) is 7.84. The van der Waals surface area contributed by atoms with Crippen LogP contribution < -0.4 is 10.2 Å². The molecule has 12 nitrogen and oxygen atoms in total. The van der Waals surface area contributed by atoms with Gasteiger partial charge in [-0.2, -0.15) is 4.31 Å². The molecular formula is C24H34N4O8S. The van der Waals surface area contributed by atoms with E-state index >= 15 is 0 Å². The number of hydroxylamine groups is 1. The zero-order chi connectivity index (χ0) is 26.0. The van der Waals surface area contributed by atoms with Gasteiger partial charge in [-0.25, -0.2) is 28.5 Å². The Hall–Kier alpha value is -2.48. The Morgan fingerprint density at radius 2 is 1.84 bits per heavy atom. The van der Waals surface area contributed by atoms with Gasteiger partial charge in [-0.1, -0.05) is 6.42 Å². The van der Waals surface area contributed by atoms with Crippen molar-refractivity contribution in [1.82, 2.24) is 19.7 Å². The fraction of sp³-hybridized carbons (Fsp3) is 0.708. The molecule has 1 saturated carbocycles. The zero-order valence-electron chi connectivity index (χ0n) is 20.7. The third-order valence-corrected chi connectivity index (χ3v) is 9.52. The third-order valence-electron chi connectivity index (χ3n) is 7.69. The van der Waals surface area contributed by atoms with Gasteiger partial charge < -0.3 is 14.6 Å². The van der Waals surface area contributed by atoms with Gasteiger partial charge in [0.15, 0.2) is 6.29 Å². The molecule has 5 rings (SSSR count). The topological polar surface area (TPSA) is 148 Å². The third kappa shape index (κ3) is 5.54. The number of rotatable bonds is 7. The van der Waals surface area contributed by atoms with E-state index < -0.39 is 46.4 Å². The van der Waals surface area contributed by atoms with E-state index in [9.17, 15) is 23.1 Å². The van der Waals surface area contributed by atoms with E-state index in [4.69, 9.17) is 14.3 Å². The van der Waals surface area contributed by atoms with Crippen LogP contribution in [0, 0.1) is 0 Å². The molecule has 37 heavy (non-hydrogen) atoms. The number of carbonyl (C=O) groups is 2. The number of hydrogen-bond acceptors (Lipinski definition) is 8. The van der Waals surface area contributed by atoms with Crippen molar-refractivity contribution in [2.45, 2.75) is 99.6 Å². The number of nitrogens with zero attached hydrogens (tertiary/aromatic N) is 3. The van der Waals surface area contributed by atoms with Gasteiger partial charge >= 0.3 is 6.09 Å². The van der Waals surface area contributed by atoms with E-state index in [0.717, 1.165) is 42.8 Å². The maximum absolute atomic E-state index is 13.7. The number of aromatic nitrogens is 1. The number of carboxylic acid groups (broad SMARTS) is 1. The lowest BCUT2D eigenvalue weighted by atomic mass is 9.98. The molecule has 4 fully saturated rings. The average molecular weight is 539 g/mol. The van der Waals surface area contributed by atoms with E-state index in [1.165, 1.54) is 29.7 Å². The number of carbonyl (C=O) groups excluding carboxylic acids is 1. The monoisotopic (exact) mass is 538 g/mol. The summed E-state index contributed by atoms with van der Waals surface area (Å²) in [6.07, 6.45) is 8.01. The Morgan fingerprint density at radius 1 is 1.05 bits per heavy atom. The summed E-state index contributed by atoms with van der Waals surface area (Å²) in [4.78, 5) is 36.0. The first-order chi connectivity index (χ1) is 17.8. The molecule has 0 spiro atoms. The maximum Gasteiger partial charge on any atom is 0.407 e. The molecule has 2 bridgehead atoms.